The number of ether oxygens (including phenoxy) is 2. The maximum Gasteiger partial charge on any atom is 0.260 e. The zero-order valence-electron chi connectivity index (χ0n) is 39.3. The van der Waals surface area contributed by atoms with Crippen molar-refractivity contribution in [3.63, 3.8) is 0 Å². The van der Waals surface area contributed by atoms with E-state index in [0.717, 1.165) is 100 Å². The van der Waals surface area contributed by atoms with Gasteiger partial charge in [-0.05, 0) is 117 Å². The second-order valence-electron chi connectivity index (χ2n) is 19.9. The molecule has 5 nitrogen and oxygen atoms in total. The Morgan fingerprint density at radius 2 is 1.31 bits per heavy atom. The van der Waals surface area contributed by atoms with E-state index in [-0.39, 0.29) is 43.5 Å². The second-order valence-corrected chi connectivity index (χ2v) is 19.9. The Morgan fingerprint density at radius 1 is 0.603 bits per heavy atom. The molecule has 10 aromatic rings. The number of hydrogen-bond acceptors (Lipinski definition) is 5. The van der Waals surface area contributed by atoms with Crippen molar-refractivity contribution in [1.82, 2.24) is 9.97 Å². The second kappa shape index (κ2) is 17.0. The molecule has 2 aliphatic rings. The number of benzene rings is 7. The predicted octanol–water partition coefficient (Wildman–Crippen LogP) is 13.9. The summed E-state index contributed by atoms with van der Waals surface area (Å²) >= 11 is 0. The van der Waals surface area contributed by atoms with Crippen LogP contribution in [-0.2, 0) is 30.9 Å². The summed E-state index contributed by atoms with van der Waals surface area (Å²) in [4.78, 5) is 8.84. The minimum atomic E-state index is -0.275. The van der Waals surface area contributed by atoms with Gasteiger partial charge in [-0.25, -0.2) is 0 Å². The number of aryl methyl sites for hydroxylation is 2. The van der Waals surface area contributed by atoms with Gasteiger partial charge in [-0.2, -0.15) is 0 Å². The van der Waals surface area contributed by atoms with Crippen molar-refractivity contribution in [2.45, 2.75) is 66.2 Å². The molecule has 3 aromatic heterocycles. The van der Waals surface area contributed by atoms with Gasteiger partial charge in [0.15, 0.2) is 0 Å². The number of nitrogens with zero attached hydrogens (tertiary/aromatic N) is 2. The van der Waals surface area contributed by atoms with Gasteiger partial charge in [0.25, 0.3) is 6.71 Å². The topological polar surface area (TPSA) is 57.4 Å². The summed E-state index contributed by atoms with van der Waals surface area (Å²) in [6.45, 7) is 17.6. The van der Waals surface area contributed by atoms with Gasteiger partial charge < -0.3 is 23.9 Å². The van der Waals surface area contributed by atoms with Crippen LogP contribution in [0.25, 0.3) is 66.4 Å². The van der Waals surface area contributed by atoms with Crippen LogP contribution in [-0.4, -0.2) is 16.7 Å². The first-order chi connectivity index (χ1) is 32.2. The van der Waals surface area contributed by atoms with Crippen LogP contribution in [0.4, 0.5) is 4.39 Å². The minimum absolute atomic E-state index is 0. The molecule has 0 atom stereocenters. The molecule has 0 amide bonds. The molecule has 0 saturated heterocycles. The fourth-order valence-electron chi connectivity index (χ4n) is 9.35. The van der Waals surface area contributed by atoms with E-state index in [1.807, 2.05) is 50.4 Å². The smallest absolute Gasteiger partial charge is 0.260 e. The van der Waals surface area contributed by atoms with E-state index in [1.54, 1.807) is 12.3 Å². The number of furan rings is 1. The first-order valence-electron chi connectivity index (χ1n) is 22.8. The molecule has 0 spiro atoms. The van der Waals surface area contributed by atoms with Gasteiger partial charge >= 0.3 is 0 Å². The first-order valence-corrected chi connectivity index (χ1v) is 22.8. The number of fused-ring (bicyclic) bond motifs is 9. The minimum Gasteiger partial charge on any atom is -0.501 e. The number of halogens is 1. The molecule has 2 aliphatic heterocycles. The molecule has 0 aliphatic carbocycles. The van der Waals surface area contributed by atoms with Crippen molar-refractivity contribution >= 4 is 55.8 Å². The van der Waals surface area contributed by atoms with E-state index in [2.05, 4.69) is 149 Å². The third kappa shape index (κ3) is 8.00. The molecule has 337 valence electrons. The summed E-state index contributed by atoms with van der Waals surface area (Å²) in [6.07, 6.45) is 3.62. The molecule has 8 heteroatoms. The van der Waals surface area contributed by atoms with E-state index in [4.69, 9.17) is 13.9 Å². The summed E-state index contributed by atoms with van der Waals surface area (Å²) < 4.78 is 32.9. The summed E-state index contributed by atoms with van der Waals surface area (Å²) in [5, 5.41) is 4.25. The molecule has 5 heterocycles. The molecule has 0 unspecified atom stereocenters. The Kier molecular flexibility index (Phi) is 11.3. The third-order valence-electron chi connectivity index (χ3n) is 13.3. The zero-order chi connectivity index (χ0) is 46.4. The van der Waals surface area contributed by atoms with Gasteiger partial charge in [0.2, 0.25) is 0 Å². The van der Waals surface area contributed by atoms with Gasteiger partial charge in [-0.1, -0.05) is 125 Å². The number of pyridine rings is 2. The molecule has 0 bridgehead atoms. The van der Waals surface area contributed by atoms with Crippen molar-refractivity contribution in [3.05, 3.63) is 186 Å². The normalized spacial score (nSPS) is 12.6. The molecule has 7 aromatic carbocycles. The summed E-state index contributed by atoms with van der Waals surface area (Å²) in [5.74, 6) is 3.25. The van der Waals surface area contributed by atoms with Crippen molar-refractivity contribution in [2.75, 3.05) is 0 Å². The Morgan fingerprint density at radius 3 is 1.97 bits per heavy atom. The van der Waals surface area contributed by atoms with Crippen LogP contribution in [0, 0.1) is 31.8 Å². The summed E-state index contributed by atoms with van der Waals surface area (Å²) in [6, 6.07) is 51.3. The van der Waals surface area contributed by atoms with Gasteiger partial charge in [-0.3, -0.25) is 4.39 Å². The van der Waals surface area contributed by atoms with Crippen LogP contribution in [0.5, 0.6) is 23.0 Å². The average molecular weight is 1070 g/mol. The molecule has 12 rings (SSSR count). The van der Waals surface area contributed by atoms with Crippen LogP contribution < -0.4 is 25.9 Å². The number of rotatable bonds is 3. The quantitative estimate of drug-likeness (QED) is 0.130. The first kappa shape index (κ1) is 45.0. The van der Waals surface area contributed by atoms with E-state index in [1.165, 1.54) is 39.7 Å². The number of aromatic nitrogens is 2. The third-order valence-corrected chi connectivity index (χ3v) is 13.3. The Balaban J connectivity index is 0.000000288. The van der Waals surface area contributed by atoms with Crippen molar-refractivity contribution in [2.24, 2.45) is 0 Å². The predicted molar refractivity (Wildman–Crippen MR) is 272 cm³/mol. The molecule has 68 heavy (non-hydrogen) atoms. The molecule has 0 saturated carbocycles. The van der Waals surface area contributed by atoms with E-state index in [9.17, 15) is 4.39 Å². The SMILES string of the molecule is CC(C)(C)c1ccc2c(c1)B1c3cc(C(C)(C)C)ccc3Oc3c1c(cc1cc(-c4ccc5c(c4)oc4c(-c6ccccn6)[c-]ccc45)ccc31)O2.Cc1cnc(-c2[c-]cc(F)cc2)cc1C.[Ir]. The standard InChI is InChI=1S/C47H37BNO3.C13H11FN.Ir/c1-46(2,3)30-15-19-39-36(25-30)48-37-26-31(47(4,5)6)16-20-40(37)51-45-32-17-13-27(22-29(32)24-42(50-39)43(45)48)28-14-18-33-34-10-9-11-35(38-12-7-8-21-49-38)44(34)52-41(33)23-28;1-9-7-13(15-8-10(9)2)11-3-5-12(14)6-4-11;/h7-10,12-26H,1-6H3;3,5-8H,1-2H3;/q2*-1;. The molecule has 0 fully saturated rings. The Bertz CT molecular complexity index is 3570. The fourth-order valence-corrected chi connectivity index (χ4v) is 9.35. The monoisotopic (exact) mass is 1070 g/mol. The average Bonchev–Trinajstić information content (AvgIpc) is 3.70. The van der Waals surface area contributed by atoms with E-state index >= 15 is 0 Å². The number of hydrogen-bond donors (Lipinski definition) is 0. The van der Waals surface area contributed by atoms with Gasteiger partial charge in [0, 0.05) is 54.6 Å². The van der Waals surface area contributed by atoms with E-state index < -0.39 is 0 Å². The van der Waals surface area contributed by atoms with Crippen LogP contribution >= 0.6 is 0 Å². The zero-order valence-corrected chi connectivity index (χ0v) is 41.7. The fraction of sp³-hybridized carbons (Fsp3) is 0.167. The van der Waals surface area contributed by atoms with Crippen LogP contribution in [0.15, 0.2) is 150 Å². The van der Waals surface area contributed by atoms with Gasteiger partial charge in [0.1, 0.15) is 28.6 Å². The van der Waals surface area contributed by atoms with Crippen molar-refractivity contribution in [1.29, 1.82) is 0 Å². The van der Waals surface area contributed by atoms with Crippen molar-refractivity contribution < 1.29 is 38.4 Å². The van der Waals surface area contributed by atoms with Crippen LogP contribution in [0.3, 0.4) is 0 Å². The van der Waals surface area contributed by atoms with Gasteiger partial charge in [0.05, 0.1) is 5.58 Å². The molecular weight excluding hydrogens is 1020 g/mol. The maximum atomic E-state index is 12.7. The van der Waals surface area contributed by atoms with E-state index in [0.29, 0.717) is 0 Å². The molecular formula is C60H48BFIrN2O3-2. The molecule has 0 N–H and O–H groups in total. The summed E-state index contributed by atoms with van der Waals surface area (Å²) in [5.41, 5.74) is 15.5. The summed E-state index contributed by atoms with van der Waals surface area (Å²) in [7, 11) is 0. The van der Waals surface area contributed by atoms with Gasteiger partial charge in [-0.15, -0.1) is 48.0 Å². The maximum absolute atomic E-state index is 12.7. The molecule has 1 radical (unpaired) electrons. The Labute approximate surface area is 410 Å². The van der Waals surface area contributed by atoms with Crippen LogP contribution in [0.2, 0.25) is 0 Å². The largest absolute Gasteiger partial charge is 0.501 e. The van der Waals surface area contributed by atoms with Crippen LogP contribution in [0.1, 0.15) is 63.8 Å². The van der Waals surface area contributed by atoms with Crippen molar-refractivity contribution in [3.8, 4) is 56.6 Å². The Hall–Kier alpha value is -6.86.